The molecule has 0 saturated heterocycles. The number of hydrogen-bond donors (Lipinski definition) is 1. The third-order valence-corrected chi connectivity index (χ3v) is 5.02. The van der Waals surface area contributed by atoms with Crippen LogP contribution in [0.2, 0.25) is 10.0 Å². The second-order valence-corrected chi connectivity index (χ2v) is 6.34. The Labute approximate surface area is 124 Å². The van der Waals surface area contributed by atoms with Crippen molar-refractivity contribution in [1.82, 2.24) is 0 Å². The predicted octanol–water partition coefficient (Wildman–Crippen LogP) is 4.62. The van der Waals surface area contributed by atoms with E-state index in [1.165, 1.54) is 0 Å². The van der Waals surface area contributed by atoms with Crippen molar-refractivity contribution in [2.75, 3.05) is 7.11 Å². The quantitative estimate of drug-likeness (QED) is 0.882. The van der Waals surface area contributed by atoms with Gasteiger partial charge in [-0.2, -0.15) is 0 Å². The standard InChI is InChI=1S/C15H20Cl2O2/c1-10-5-7-15(19-2,8-6-10)14(18)11-3-4-12(16)13(17)9-11/h3-4,9-10,14,18H,5-8H2,1-2H3. The Balaban J connectivity index is 2.25. The molecule has 1 aliphatic carbocycles. The maximum absolute atomic E-state index is 10.7. The molecule has 1 fully saturated rings. The minimum atomic E-state index is -0.667. The molecule has 2 nitrogen and oxygen atoms in total. The molecule has 1 aliphatic rings. The highest BCUT2D eigenvalue weighted by atomic mass is 35.5. The van der Waals surface area contributed by atoms with Gasteiger partial charge in [0.2, 0.25) is 0 Å². The average molecular weight is 303 g/mol. The van der Waals surface area contributed by atoms with Gasteiger partial charge in [0.05, 0.1) is 15.6 Å². The minimum Gasteiger partial charge on any atom is -0.385 e. The smallest absolute Gasteiger partial charge is 0.108 e. The van der Waals surface area contributed by atoms with Crippen molar-refractivity contribution >= 4 is 23.2 Å². The molecule has 0 heterocycles. The summed E-state index contributed by atoms with van der Waals surface area (Å²) in [6.07, 6.45) is 3.22. The summed E-state index contributed by atoms with van der Waals surface area (Å²) in [5.41, 5.74) is 0.273. The zero-order valence-electron chi connectivity index (χ0n) is 11.3. The van der Waals surface area contributed by atoms with Crippen LogP contribution in [0.5, 0.6) is 0 Å². The number of benzene rings is 1. The molecule has 0 amide bonds. The normalized spacial score (nSPS) is 29.2. The zero-order chi connectivity index (χ0) is 14.0. The summed E-state index contributed by atoms with van der Waals surface area (Å²) in [5.74, 6) is 0.698. The number of rotatable bonds is 3. The fraction of sp³-hybridized carbons (Fsp3) is 0.600. The molecule has 0 spiro atoms. The molecular formula is C15H20Cl2O2. The van der Waals surface area contributed by atoms with Crippen molar-refractivity contribution in [3.8, 4) is 0 Å². The lowest BCUT2D eigenvalue weighted by atomic mass is 9.74. The second-order valence-electron chi connectivity index (χ2n) is 5.53. The van der Waals surface area contributed by atoms with Crippen LogP contribution in [0.15, 0.2) is 18.2 Å². The molecule has 19 heavy (non-hydrogen) atoms. The van der Waals surface area contributed by atoms with Gasteiger partial charge in [0.25, 0.3) is 0 Å². The molecular weight excluding hydrogens is 283 g/mol. The van der Waals surface area contributed by atoms with E-state index in [0.717, 1.165) is 31.2 Å². The monoisotopic (exact) mass is 302 g/mol. The van der Waals surface area contributed by atoms with E-state index < -0.39 is 11.7 Å². The molecule has 1 unspecified atom stereocenters. The van der Waals surface area contributed by atoms with Crippen LogP contribution >= 0.6 is 23.2 Å². The van der Waals surface area contributed by atoms with Gasteiger partial charge in [0, 0.05) is 7.11 Å². The first kappa shape index (κ1) is 15.1. The third kappa shape index (κ3) is 3.08. The average Bonchev–Trinajstić information content (AvgIpc) is 2.42. The predicted molar refractivity (Wildman–Crippen MR) is 78.8 cm³/mol. The van der Waals surface area contributed by atoms with Gasteiger partial charge in [-0.15, -0.1) is 0 Å². The number of ether oxygens (including phenoxy) is 1. The van der Waals surface area contributed by atoms with Crippen molar-refractivity contribution in [3.05, 3.63) is 33.8 Å². The summed E-state index contributed by atoms with van der Waals surface area (Å²) in [7, 11) is 1.68. The van der Waals surface area contributed by atoms with E-state index in [2.05, 4.69) is 6.92 Å². The van der Waals surface area contributed by atoms with Gasteiger partial charge in [-0.1, -0.05) is 36.2 Å². The summed E-state index contributed by atoms with van der Waals surface area (Å²) < 4.78 is 5.69. The van der Waals surface area contributed by atoms with E-state index in [1.807, 2.05) is 6.07 Å². The molecule has 1 aromatic carbocycles. The van der Waals surface area contributed by atoms with Crippen molar-refractivity contribution in [3.63, 3.8) is 0 Å². The molecule has 0 aromatic heterocycles. The molecule has 0 bridgehead atoms. The fourth-order valence-electron chi connectivity index (χ4n) is 2.83. The van der Waals surface area contributed by atoms with Gasteiger partial charge in [-0.05, 0) is 49.3 Å². The molecule has 0 aliphatic heterocycles. The summed E-state index contributed by atoms with van der Waals surface area (Å²) in [6.45, 7) is 2.24. The van der Waals surface area contributed by atoms with Crippen LogP contribution < -0.4 is 0 Å². The maximum Gasteiger partial charge on any atom is 0.108 e. The van der Waals surface area contributed by atoms with Crippen molar-refractivity contribution in [2.24, 2.45) is 5.92 Å². The van der Waals surface area contributed by atoms with Crippen molar-refractivity contribution in [2.45, 2.75) is 44.3 Å². The van der Waals surface area contributed by atoms with E-state index in [-0.39, 0.29) is 0 Å². The number of methoxy groups -OCH3 is 1. The first-order valence-corrected chi connectivity index (χ1v) is 7.42. The van der Waals surface area contributed by atoms with Gasteiger partial charge < -0.3 is 9.84 Å². The molecule has 1 saturated carbocycles. The minimum absolute atomic E-state index is 0.466. The van der Waals surface area contributed by atoms with Crippen LogP contribution in [0.3, 0.4) is 0 Å². The lowest BCUT2D eigenvalue weighted by Gasteiger charge is -2.42. The van der Waals surface area contributed by atoms with Crippen molar-refractivity contribution in [1.29, 1.82) is 0 Å². The zero-order valence-corrected chi connectivity index (χ0v) is 12.8. The number of aliphatic hydroxyl groups excluding tert-OH is 1. The van der Waals surface area contributed by atoms with Gasteiger partial charge in [0.15, 0.2) is 0 Å². The largest absolute Gasteiger partial charge is 0.385 e. The summed E-state index contributed by atoms with van der Waals surface area (Å²) in [4.78, 5) is 0. The van der Waals surface area contributed by atoms with Crippen LogP contribution in [0.25, 0.3) is 0 Å². The lowest BCUT2D eigenvalue weighted by Crippen LogP contribution is -2.41. The van der Waals surface area contributed by atoms with Gasteiger partial charge in [0.1, 0.15) is 6.10 Å². The third-order valence-electron chi connectivity index (χ3n) is 4.28. The second kappa shape index (κ2) is 6.01. The molecule has 2 rings (SSSR count). The van der Waals surface area contributed by atoms with Crippen molar-refractivity contribution < 1.29 is 9.84 Å². The number of aliphatic hydroxyl groups is 1. The summed E-state index contributed by atoms with van der Waals surface area (Å²) >= 11 is 11.9. The Morgan fingerprint density at radius 3 is 2.42 bits per heavy atom. The lowest BCUT2D eigenvalue weighted by molar-refractivity contribution is -0.130. The molecule has 0 radical (unpaired) electrons. The van der Waals surface area contributed by atoms with Crippen LogP contribution in [0.1, 0.15) is 44.3 Å². The molecule has 4 heteroatoms. The van der Waals surface area contributed by atoms with Crippen LogP contribution in [0, 0.1) is 5.92 Å². The van der Waals surface area contributed by atoms with Gasteiger partial charge in [-0.3, -0.25) is 0 Å². The van der Waals surface area contributed by atoms with E-state index in [0.29, 0.717) is 16.0 Å². The first-order valence-electron chi connectivity index (χ1n) is 6.66. The Morgan fingerprint density at radius 2 is 1.89 bits per heavy atom. The Hall–Kier alpha value is -0.280. The van der Waals surface area contributed by atoms with Crippen LogP contribution in [0.4, 0.5) is 0 Å². The molecule has 1 aromatic rings. The first-order chi connectivity index (χ1) is 8.98. The highest BCUT2D eigenvalue weighted by molar-refractivity contribution is 6.42. The van der Waals surface area contributed by atoms with Gasteiger partial charge >= 0.3 is 0 Å². The van der Waals surface area contributed by atoms with E-state index in [9.17, 15) is 5.11 Å². The molecule has 106 valence electrons. The number of hydrogen-bond acceptors (Lipinski definition) is 2. The summed E-state index contributed by atoms with van der Waals surface area (Å²) in [5, 5.41) is 11.6. The Bertz CT molecular complexity index is 440. The van der Waals surface area contributed by atoms with Crippen LogP contribution in [-0.4, -0.2) is 17.8 Å². The molecule has 1 atom stereocenters. The highest BCUT2D eigenvalue weighted by Gasteiger charge is 2.41. The number of halogens is 2. The highest BCUT2D eigenvalue weighted by Crippen LogP contribution is 2.43. The summed E-state index contributed by atoms with van der Waals surface area (Å²) in [6, 6.07) is 5.27. The Morgan fingerprint density at radius 1 is 1.26 bits per heavy atom. The molecule has 1 N–H and O–H groups in total. The van der Waals surface area contributed by atoms with E-state index in [1.54, 1.807) is 19.2 Å². The fourth-order valence-corrected chi connectivity index (χ4v) is 3.13. The van der Waals surface area contributed by atoms with E-state index in [4.69, 9.17) is 27.9 Å². The maximum atomic E-state index is 10.7. The van der Waals surface area contributed by atoms with Gasteiger partial charge in [-0.25, -0.2) is 0 Å². The topological polar surface area (TPSA) is 29.5 Å². The Kier molecular flexibility index (Phi) is 4.78. The van der Waals surface area contributed by atoms with E-state index >= 15 is 0 Å². The van der Waals surface area contributed by atoms with Crippen LogP contribution in [-0.2, 0) is 4.74 Å². The SMILES string of the molecule is COC1(C(O)c2ccc(Cl)c(Cl)c2)CCC(C)CC1.